The van der Waals surface area contributed by atoms with Gasteiger partial charge in [-0.1, -0.05) is 6.08 Å². The molecule has 0 fully saturated rings. The van der Waals surface area contributed by atoms with Crippen molar-refractivity contribution in [2.24, 2.45) is 0 Å². The van der Waals surface area contributed by atoms with Crippen molar-refractivity contribution in [3.8, 4) is 0 Å². The van der Waals surface area contributed by atoms with Gasteiger partial charge in [0.15, 0.2) is 0 Å². The number of nitrogens with one attached hydrogen (secondary N) is 2. The van der Waals surface area contributed by atoms with Gasteiger partial charge in [0, 0.05) is 25.1 Å². The topological polar surface area (TPSA) is 41.1 Å². The molecule has 0 aromatic carbocycles. The van der Waals surface area contributed by atoms with Gasteiger partial charge in [-0.15, -0.1) is 6.58 Å². The number of carbonyl (C=O) groups is 1. The number of hydrogen-bond donors (Lipinski definition) is 2. The van der Waals surface area contributed by atoms with Gasteiger partial charge < -0.3 is 10.6 Å². The average Bonchev–Trinajstić information content (AvgIpc) is 2.16. The van der Waals surface area contributed by atoms with E-state index in [0.717, 1.165) is 18.1 Å². The molecule has 0 aromatic rings. The van der Waals surface area contributed by atoms with Crippen LogP contribution in [-0.2, 0) is 4.79 Å². The van der Waals surface area contributed by atoms with Crippen LogP contribution in [0.4, 0.5) is 0 Å². The third-order valence-electron chi connectivity index (χ3n) is 1.57. The Balaban J connectivity index is 3.31. The van der Waals surface area contributed by atoms with Gasteiger partial charge in [-0.3, -0.25) is 4.79 Å². The zero-order valence-electron chi connectivity index (χ0n) is 8.30. The van der Waals surface area contributed by atoms with Gasteiger partial charge in [-0.25, -0.2) is 0 Å². The Bertz CT molecular complexity index is 162. The quantitative estimate of drug-likeness (QED) is 0.470. The number of carbonyl (C=O) groups excluding carboxylic acids is 1. The molecule has 0 rings (SSSR count). The fourth-order valence-electron chi connectivity index (χ4n) is 0.823. The molecule has 0 saturated heterocycles. The molecule has 1 atom stereocenters. The maximum absolute atomic E-state index is 11.0. The molecule has 0 aliphatic heterocycles. The highest BCUT2D eigenvalue weighted by Gasteiger charge is 2.08. The number of rotatable bonds is 7. The van der Waals surface area contributed by atoms with Crippen LogP contribution in [-0.4, -0.2) is 37.0 Å². The molecule has 0 aliphatic rings. The normalized spacial score (nSPS) is 12.2. The molecule has 0 bridgehead atoms. The minimum atomic E-state index is -0.102. The second-order valence-corrected chi connectivity index (χ2v) is 3.80. The van der Waals surface area contributed by atoms with E-state index in [1.165, 1.54) is 0 Å². The lowest BCUT2D eigenvalue weighted by Gasteiger charge is -2.11. The van der Waals surface area contributed by atoms with E-state index in [1.54, 1.807) is 18.8 Å². The Morgan fingerprint density at radius 1 is 1.69 bits per heavy atom. The third-order valence-corrected chi connectivity index (χ3v) is 2.54. The molecular formula is C9H18N2OS. The molecule has 0 spiro atoms. The Morgan fingerprint density at radius 3 is 2.92 bits per heavy atom. The van der Waals surface area contributed by atoms with Gasteiger partial charge in [0.2, 0.25) is 5.91 Å². The summed E-state index contributed by atoms with van der Waals surface area (Å²) in [6.45, 7) is 6.34. The summed E-state index contributed by atoms with van der Waals surface area (Å²) < 4.78 is 0. The van der Waals surface area contributed by atoms with Crippen LogP contribution in [0.1, 0.15) is 6.92 Å². The second kappa shape index (κ2) is 8.13. The predicted molar refractivity (Wildman–Crippen MR) is 59.1 cm³/mol. The van der Waals surface area contributed by atoms with Crippen LogP contribution in [0.5, 0.6) is 0 Å². The van der Waals surface area contributed by atoms with Crippen LogP contribution in [0.15, 0.2) is 12.7 Å². The van der Waals surface area contributed by atoms with Gasteiger partial charge in [0.05, 0.1) is 6.04 Å². The van der Waals surface area contributed by atoms with Crippen molar-refractivity contribution in [1.29, 1.82) is 0 Å². The summed E-state index contributed by atoms with van der Waals surface area (Å²) in [7, 11) is 1.65. The smallest absolute Gasteiger partial charge is 0.236 e. The lowest BCUT2D eigenvalue weighted by atomic mass is 10.3. The lowest BCUT2D eigenvalue weighted by molar-refractivity contribution is -0.122. The number of thioether (sulfide) groups is 1. The van der Waals surface area contributed by atoms with Gasteiger partial charge in [-0.05, 0) is 6.92 Å². The Labute approximate surface area is 84.4 Å². The zero-order chi connectivity index (χ0) is 10.1. The number of hydrogen-bond acceptors (Lipinski definition) is 3. The molecule has 0 heterocycles. The molecule has 1 amide bonds. The van der Waals surface area contributed by atoms with Gasteiger partial charge in [0.25, 0.3) is 0 Å². The van der Waals surface area contributed by atoms with E-state index in [2.05, 4.69) is 17.2 Å². The summed E-state index contributed by atoms with van der Waals surface area (Å²) in [5.74, 6) is 2.01. The standard InChI is InChI=1S/C9H18N2OS/c1-4-6-13-7-5-11-8(2)9(12)10-3/h4,8,11H,1,5-7H2,2-3H3,(H,10,12). The van der Waals surface area contributed by atoms with Crippen molar-refractivity contribution in [2.45, 2.75) is 13.0 Å². The van der Waals surface area contributed by atoms with Crippen LogP contribution in [0.2, 0.25) is 0 Å². The molecule has 4 heteroatoms. The first-order chi connectivity index (χ1) is 6.22. The van der Waals surface area contributed by atoms with E-state index in [1.807, 2.05) is 13.0 Å². The molecular weight excluding hydrogens is 184 g/mol. The highest BCUT2D eigenvalue weighted by atomic mass is 32.2. The molecule has 2 N–H and O–H groups in total. The highest BCUT2D eigenvalue weighted by molar-refractivity contribution is 7.99. The maximum atomic E-state index is 11.0. The van der Waals surface area contributed by atoms with Crippen LogP contribution in [0.3, 0.4) is 0 Å². The van der Waals surface area contributed by atoms with Crippen LogP contribution < -0.4 is 10.6 Å². The number of likely N-dealkylation sites (N-methyl/N-ethyl adjacent to an activating group) is 1. The Hall–Kier alpha value is -0.480. The molecule has 0 aromatic heterocycles. The van der Waals surface area contributed by atoms with E-state index in [-0.39, 0.29) is 11.9 Å². The Kier molecular flexibility index (Phi) is 7.83. The van der Waals surface area contributed by atoms with Crippen LogP contribution in [0.25, 0.3) is 0 Å². The molecule has 0 saturated carbocycles. The maximum Gasteiger partial charge on any atom is 0.236 e. The van der Waals surface area contributed by atoms with Crippen molar-refractivity contribution in [1.82, 2.24) is 10.6 Å². The van der Waals surface area contributed by atoms with E-state index >= 15 is 0 Å². The molecule has 3 nitrogen and oxygen atoms in total. The largest absolute Gasteiger partial charge is 0.358 e. The minimum absolute atomic E-state index is 0.0359. The molecule has 13 heavy (non-hydrogen) atoms. The fourth-order valence-corrected chi connectivity index (χ4v) is 1.42. The van der Waals surface area contributed by atoms with Crippen LogP contribution in [0, 0.1) is 0 Å². The molecule has 0 aliphatic carbocycles. The molecule has 76 valence electrons. The van der Waals surface area contributed by atoms with Crippen molar-refractivity contribution >= 4 is 17.7 Å². The SMILES string of the molecule is C=CCSCCNC(C)C(=O)NC. The summed E-state index contributed by atoms with van der Waals surface area (Å²) in [5.41, 5.74) is 0. The van der Waals surface area contributed by atoms with Crippen LogP contribution >= 0.6 is 11.8 Å². The van der Waals surface area contributed by atoms with Crippen molar-refractivity contribution in [3.63, 3.8) is 0 Å². The second-order valence-electron chi connectivity index (χ2n) is 2.65. The minimum Gasteiger partial charge on any atom is -0.358 e. The first-order valence-corrected chi connectivity index (χ1v) is 5.51. The summed E-state index contributed by atoms with van der Waals surface area (Å²) >= 11 is 1.80. The van der Waals surface area contributed by atoms with E-state index < -0.39 is 0 Å². The average molecular weight is 202 g/mol. The van der Waals surface area contributed by atoms with Gasteiger partial charge in [0.1, 0.15) is 0 Å². The third kappa shape index (κ3) is 6.66. The summed E-state index contributed by atoms with van der Waals surface area (Å²) in [4.78, 5) is 11.0. The van der Waals surface area contributed by atoms with Crippen molar-refractivity contribution < 1.29 is 4.79 Å². The lowest BCUT2D eigenvalue weighted by Crippen LogP contribution is -2.41. The zero-order valence-corrected chi connectivity index (χ0v) is 9.12. The molecule has 1 unspecified atom stereocenters. The van der Waals surface area contributed by atoms with E-state index in [0.29, 0.717) is 0 Å². The number of amides is 1. The first-order valence-electron chi connectivity index (χ1n) is 4.36. The Morgan fingerprint density at radius 2 is 2.38 bits per heavy atom. The van der Waals surface area contributed by atoms with Crippen molar-refractivity contribution in [3.05, 3.63) is 12.7 Å². The first kappa shape index (κ1) is 12.5. The summed E-state index contributed by atoms with van der Waals surface area (Å²) in [6.07, 6.45) is 1.88. The molecule has 0 radical (unpaired) electrons. The monoisotopic (exact) mass is 202 g/mol. The summed E-state index contributed by atoms with van der Waals surface area (Å²) in [5, 5.41) is 5.72. The summed E-state index contributed by atoms with van der Waals surface area (Å²) in [6, 6.07) is -0.102. The van der Waals surface area contributed by atoms with Gasteiger partial charge in [-0.2, -0.15) is 11.8 Å². The van der Waals surface area contributed by atoms with Gasteiger partial charge >= 0.3 is 0 Å². The highest BCUT2D eigenvalue weighted by Crippen LogP contribution is 1.97. The van der Waals surface area contributed by atoms with E-state index in [4.69, 9.17) is 0 Å². The fraction of sp³-hybridized carbons (Fsp3) is 0.667. The predicted octanol–water partition coefficient (Wildman–Crippen LogP) is 0.630. The van der Waals surface area contributed by atoms with Crippen molar-refractivity contribution in [2.75, 3.05) is 25.1 Å². The van der Waals surface area contributed by atoms with E-state index in [9.17, 15) is 4.79 Å².